The molecule has 1 N–H and O–H groups in total. The Labute approximate surface area is 139 Å². The van der Waals surface area contributed by atoms with E-state index in [0.29, 0.717) is 12.4 Å². The molecule has 0 saturated carbocycles. The number of halogens is 1. The Morgan fingerprint density at radius 2 is 2.09 bits per heavy atom. The maximum Gasteiger partial charge on any atom is 0.307 e. The minimum atomic E-state index is -0.648. The van der Waals surface area contributed by atoms with Crippen molar-refractivity contribution in [2.75, 3.05) is 13.2 Å². The van der Waals surface area contributed by atoms with Crippen LogP contribution in [-0.2, 0) is 14.3 Å². The highest BCUT2D eigenvalue weighted by Crippen LogP contribution is 2.26. The predicted molar refractivity (Wildman–Crippen MR) is 87.8 cm³/mol. The van der Waals surface area contributed by atoms with Crippen molar-refractivity contribution in [3.8, 4) is 5.75 Å². The Bertz CT molecular complexity index is 519. The molecule has 22 heavy (non-hydrogen) atoms. The zero-order valence-corrected chi connectivity index (χ0v) is 14.7. The summed E-state index contributed by atoms with van der Waals surface area (Å²) in [4.78, 5) is 23.2. The molecule has 0 saturated heterocycles. The monoisotopic (exact) mass is 371 g/mol. The summed E-state index contributed by atoms with van der Waals surface area (Å²) in [6.45, 7) is 6.22. The first-order valence-electron chi connectivity index (χ1n) is 7.30. The van der Waals surface area contributed by atoms with Crippen LogP contribution in [0.1, 0.15) is 32.3 Å². The number of benzene rings is 1. The van der Waals surface area contributed by atoms with Gasteiger partial charge in [0.05, 0.1) is 17.5 Å². The molecule has 0 bridgehead atoms. The SMILES string of the molecule is CCCOC(=O)CCNC(=O)C(C)Oc1ccc(C)cc1Br. The summed E-state index contributed by atoms with van der Waals surface area (Å²) in [7, 11) is 0. The summed E-state index contributed by atoms with van der Waals surface area (Å²) >= 11 is 3.40. The molecule has 1 unspecified atom stereocenters. The van der Waals surface area contributed by atoms with Crippen LogP contribution in [0.25, 0.3) is 0 Å². The van der Waals surface area contributed by atoms with E-state index in [1.165, 1.54) is 0 Å². The molecule has 6 heteroatoms. The van der Waals surface area contributed by atoms with Gasteiger partial charge in [-0.2, -0.15) is 0 Å². The second-order valence-electron chi connectivity index (χ2n) is 4.96. The third-order valence-corrected chi connectivity index (χ3v) is 3.48. The van der Waals surface area contributed by atoms with Gasteiger partial charge in [0.2, 0.25) is 0 Å². The fourth-order valence-corrected chi connectivity index (χ4v) is 2.25. The normalized spacial score (nSPS) is 11.6. The Balaban J connectivity index is 2.37. The van der Waals surface area contributed by atoms with Crippen LogP contribution in [0.3, 0.4) is 0 Å². The molecule has 1 rings (SSSR count). The summed E-state index contributed by atoms with van der Waals surface area (Å²) < 4.78 is 11.3. The van der Waals surface area contributed by atoms with E-state index in [2.05, 4.69) is 21.2 Å². The van der Waals surface area contributed by atoms with Crippen LogP contribution in [0.15, 0.2) is 22.7 Å². The van der Waals surface area contributed by atoms with Crippen molar-refractivity contribution in [1.29, 1.82) is 0 Å². The number of carbonyl (C=O) groups excluding carboxylic acids is 2. The van der Waals surface area contributed by atoms with E-state index < -0.39 is 6.10 Å². The summed E-state index contributed by atoms with van der Waals surface area (Å²) in [5.41, 5.74) is 1.10. The van der Waals surface area contributed by atoms with Crippen molar-refractivity contribution in [2.45, 2.75) is 39.7 Å². The third-order valence-electron chi connectivity index (χ3n) is 2.86. The van der Waals surface area contributed by atoms with E-state index in [1.54, 1.807) is 6.92 Å². The number of ether oxygens (including phenoxy) is 2. The fourth-order valence-electron chi connectivity index (χ4n) is 1.66. The number of carbonyl (C=O) groups is 2. The van der Waals surface area contributed by atoms with E-state index in [-0.39, 0.29) is 24.8 Å². The molecule has 0 heterocycles. The van der Waals surface area contributed by atoms with E-state index in [1.807, 2.05) is 32.0 Å². The molecule has 0 aromatic heterocycles. The quantitative estimate of drug-likeness (QED) is 0.713. The Hall–Kier alpha value is -1.56. The van der Waals surface area contributed by atoms with E-state index in [9.17, 15) is 9.59 Å². The van der Waals surface area contributed by atoms with Crippen LogP contribution in [-0.4, -0.2) is 31.1 Å². The van der Waals surface area contributed by atoms with Gasteiger partial charge in [0, 0.05) is 6.54 Å². The lowest BCUT2D eigenvalue weighted by atomic mass is 10.2. The molecule has 0 aliphatic carbocycles. The summed E-state index contributed by atoms with van der Waals surface area (Å²) in [5.74, 6) is 0.0309. The van der Waals surface area contributed by atoms with Gasteiger partial charge in [0.1, 0.15) is 5.75 Å². The first kappa shape index (κ1) is 18.5. The van der Waals surface area contributed by atoms with Gasteiger partial charge in [0.15, 0.2) is 6.10 Å². The van der Waals surface area contributed by atoms with Crippen LogP contribution in [0.2, 0.25) is 0 Å². The van der Waals surface area contributed by atoms with Crippen LogP contribution in [0.4, 0.5) is 0 Å². The number of amides is 1. The summed E-state index contributed by atoms with van der Waals surface area (Å²) in [6, 6.07) is 5.64. The highest BCUT2D eigenvalue weighted by atomic mass is 79.9. The Morgan fingerprint density at radius 3 is 2.73 bits per heavy atom. The van der Waals surface area contributed by atoms with E-state index >= 15 is 0 Å². The highest BCUT2D eigenvalue weighted by molar-refractivity contribution is 9.10. The van der Waals surface area contributed by atoms with Crippen molar-refractivity contribution in [1.82, 2.24) is 5.32 Å². The van der Waals surface area contributed by atoms with Gasteiger partial charge in [-0.25, -0.2) is 0 Å². The molecular weight excluding hydrogens is 350 g/mol. The van der Waals surface area contributed by atoms with Gasteiger partial charge < -0.3 is 14.8 Å². The van der Waals surface area contributed by atoms with Crippen LogP contribution in [0, 0.1) is 6.92 Å². The van der Waals surface area contributed by atoms with Gasteiger partial charge in [-0.1, -0.05) is 13.0 Å². The smallest absolute Gasteiger partial charge is 0.307 e. The summed E-state index contributed by atoms with van der Waals surface area (Å²) in [5, 5.41) is 2.66. The number of hydrogen-bond donors (Lipinski definition) is 1. The van der Waals surface area contributed by atoms with Crippen molar-refractivity contribution in [3.63, 3.8) is 0 Å². The van der Waals surface area contributed by atoms with Crippen LogP contribution < -0.4 is 10.1 Å². The fraction of sp³-hybridized carbons (Fsp3) is 0.500. The average Bonchev–Trinajstić information content (AvgIpc) is 2.47. The Kier molecular flexibility index (Phi) is 7.95. The van der Waals surface area contributed by atoms with Crippen molar-refractivity contribution in [2.24, 2.45) is 0 Å². The number of rotatable bonds is 8. The molecule has 1 amide bonds. The van der Waals surface area contributed by atoms with Crippen LogP contribution in [0.5, 0.6) is 5.75 Å². The maximum absolute atomic E-state index is 11.9. The largest absolute Gasteiger partial charge is 0.480 e. The molecule has 5 nitrogen and oxygen atoms in total. The van der Waals surface area contributed by atoms with Gasteiger partial charge in [-0.15, -0.1) is 0 Å². The lowest BCUT2D eigenvalue weighted by Crippen LogP contribution is -2.37. The molecule has 122 valence electrons. The molecule has 0 aliphatic rings. The Morgan fingerprint density at radius 1 is 1.36 bits per heavy atom. The molecule has 0 fully saturated rings. The molecule has 0 radical (unpaired) electrons. The summed E-state index contributed by atoms with van der Waals surface area (Å²) in [6.07, 6.45) is 0.298. The lowest BCUT2D eigenvalue weighted by molar-refractivity contribution is -0.143. The third kappa shape index (κ3) is 6.47. The lowest BCUT2D eigenvalue weighted by Gasteiger charge is -2.16. The molecule has 1 atom stereocenters. The van der Waals surface area contributed by atoms with Crippen molar-refractivity contribution >= 4 is 27.8 Å². The van der Waals surface area contributed by atoms with E-state index in [0.717, 1.165) is 16.5 Å². The van der Waals surface area contributed by atoms with Crippen molar-refractivity contribution in [3.05, 3.63) is 28.2 Å². The second kappa shape index (κ2) is 9.46. The van der Waals surface area contributed by atoms with Gasteiger partial charge >= 0.3 is 5.97 Å². The van der Waals surface area contributed by atoms with E-state index in [4.69, 9.17) is 9.47 Å². The zero-order valence-electron chi connectivity index (χ0n) is 13.1. The number of aryl methyl sites for hydroxylation is 1. The highest BCUT2D eigenvalue weighted by Gasteiger charge is 2.16. The number of esters is 1. The first-order valence-corrected chi connectivity index (χ1v) is 8.09. The number of hydrogen-bond acceptors (Lipinski definition) is 4. The zero-order chi connectivity index (χ0) is 16.5. The molecular formula is C16H22BrNO4. The van der Waals surface area contributed by atoms with Crippen molar-refractivity contribution < 1.29 is 19.1 Å². The molecule has 0 spiro atoms. The van der Waals surface area contributed by atoms with Gasteiger partial charge in [0.25, 0.3) is 5.91 Å². The molecule has 0 aliphatic heterocycles. The standard InChI is InChI=1S/C16H22BrNO4/c1-4-9-21-15(19)7-8-18-16(20)12(3)22-14-6-5-11(2)10-13(14)17/h5-6,10,12H,4,7-9H2,1-3H3,(H,18,20). The topological polar surface area (TPSA) is 64.6 Å². The minimum Gasteiger partial charge on any atom is -0.480 e. The van der Waals surface area contributed by atoms with Gasteiger partial charge in [-0.05, 0) is 53.9 Å². The van der Waals surface area contributed by atoms with Gasteiger partial charge in [-0.3, -0.25) is 9.59 Å². The number of nitrogens with one attached hydrogen (secondary N) is 1. The second-order valence-corrected chi connectivity index (χ2v) is 5.81. The molecule has 1 aromatic carbocycles. The van der Waals surface area contributed by atoms with Crippen LogP contribution >= 0.6 is 15.9 Å². The predicted octanol–water partition coefficient (Wildman–Crippen LogP) is 2.98. The first-order chi connectivity index (χ1) is 10.4. The molecule has 1 aromatic rings. The average molecular weight is 372 g/mol. The minimum absolute atomic E-state index is 0.159. The maximum atomic E-state index is 11.9.